The van der Waals surface area contributed by atoms with Gasteiger partial charge in [0.2, 0.25) is 5.91 Å². The first-order valence-electron chi connectivity index (χ1n) is 13.0. The third-order valence-corrected chi connectivity index (χ3v) is 6.44. The largest absolute Gasteiger partial charge is 0.481 e. The van der Waals surface area contributed by atoms with Crippen LogP contribution in [-0.2, 0) is 14.3 Å². The van der Waals surface area contributed by atoms with E-state index in [1.807, 2.05) is 44.7 Å². The zero-order chi connectivity index (χ0) is 28.7. The van der Waals surface area contributed by atoms with Gasteiger partial charge in [-0.15, -0.1) is 0 Å². The second-order valence-corrected chi connectivity index (χ2v) is 11.0. The van der Waals surface area contributed by atoms with Gasteiger partial charge in [0.1, 0.15) is 0 Å². The number of carbonyl (C=O) groups excluding carboxylic acids is 3. The number of nitrogens with one attached hydrogen (secondary N) is 2. The quantitative estimate of drug-likeness (QED) is 0.459. The molecule has 1 aliphatic rings. The number of nitrogens with zero attached hydrogens (tertiary/aromatic N) is 2. The van der Waals surface area contributed by atoms with Gasteiger partial charge in [-0.2, -0.15) is 0 Å². The van der Waals surface area contributed by atoms with Crippen molar-refractivity contribution in [1.82, 2.24) is 10.2 Å². The topological polar surface area (TPSA) is 128 Å². The van der Waals surface area contributed by atoms with Crippen molar-refractivity contribution in [3.63, 3.8) is 0 Å². The first-order chi connectivity index (χ1) is 18.4. The lowest BCUT2D eigenvalue weighted by Crippen LogP contribution is -2.49. The van der Waals surface area contributed by atoms with E-state index >= 15 is 0 Å². The third-order valence-electron chi connectivity index (χ3n) is 6.44. The van der Waals surface area contributed by atoms with E-state index in [-0.39, 0.29) is 30.3 Å². The van der Waals surface area contributed by atoms with Crippen LogP contribution in [0.2, 0.25) is 0 Å². The van der Waals surface area contributed by atoms with E-state index in [9.17, 15) is 24.3 Å². The Bertz CT molecular complexity index is 1200. The third kappa shape index (κ3) is 8.46. The molecule has 3 amide bonds. The van der Waals surface area contributed by atoms with Gasteiger partial charge in [0.25, 0.3) is 5.91 Å². The molecule has 210 valence electrons. The highest BCUT2D eigenvalue weighted by atomic mass is 16.5. The summed E-state index contributed by atoms with van der Waals surface area (Å²) in [7, 11) is 1.35. The van der Waals surface area contributed by atoms with Gasteiger partial charge in [0.15, 0.2) is 0 Å². The number of carboxylic acids is 1. The molecule has 0 aromatic heterocycles. The summed E-state index contributed by atoms with van der Waals surface area (Å²) in [4.78, 5) is 53.2. The molecular formula is C29H38N4O6. The number of hydrogen-bond donors (Lipinski definition) is 3. The highest BCUT2D eigenvalue weighted by Gasteiger charge is 2.26. The molecule has 1 fully saturated rings. The molecule has 0 aliphatic carbocycles. The Hall–Kier alpha value is -4.08. The van der Waals surface area contributed by atoms with E-state index in [1.165, 1.54) is 7.11 Å². The normalized spacial score (nSPS) is 14.4. The molecule has 1 atom stereocenters. The molecule has 2 aromatic rings. The highest BCUT2D eigenvalue weighted by molar-refractivity contribution is 6.00. The van der Waals surface area contributed by atoms with E-state index in [0.29, 0.717) is 43.0 Å². The second kappa shape index (κ2) is 12.6. The molecule has 2 aromatic carbocycles. The minimum atomic E-state index is -1.03. The summed E-state index contributed by atoms with van der Waals surface area (Å²) in [5.41, 5.74) is 2.99. The van der Waals surface area contributed by atoms with Crippen molar-refractivity contribution in [2.75, 3.05) is 43.5 Å². The molecule has 3 N–H and O–H groups in total. The molecule has 1 saturated heterocycles. The fraction of sp³-hybridized carbons (Fsp3) is 0.448. The van der Waals surface area contributed by atoms with Crippen LogP contribution >= 0.6 is 0 Å². The lowest BCUT2D eigenvalue weighted by molar-refractivity contribution is -0.137. The van der Waals surface area contributed by atoms with Crippen LogP contribution in [0.3, 0.4) is 0 Å². The monoisotopic (exact) mass is 538 g/mol. The van der Waals surface area contributed by atoms with Crippen LogP contribution in [0.5, 0.6) is 0 Å². The van der Waals surface area contributed by atoms with E-state index in [0.717, 1.165) is 11.3 Å². The van der Waals surface area contributed by atoms with Crippen LogP contribution in [0, 0.1) is 12.3 Å². The number of piperazine rings is 1. The maximum atomic E-state index is 13.3. The molecule has 3 rings (SSSR count). The lowest BCUT2D eigenvalue weighted by Gasteiger charge is -2.36. The van der Waals surface area contributed by atoms with E-state index in [4.69, 9.17) is 4.74 Å². The molecular weight excluding hydrogens is 500 g/mol. The maximum Gasteiger partial charge on any atom is 0.409 e. The Labute approximate surface area is 229 Å². The van der Waals surface area contributed by atoms with Crippen LogP contribution in [-0.4, -0.2) is 67.2 Å². The highest BCUT2D eigenvalue weighted by Crippen LogP contribution is 2.30. The SMILES string of the molecule is COC(=O)N1CCN(c2ccc(C(=O)NC(CC(=O)O)c3ccc(C)cc3)cc2NC(=O)CC(C)(C)C)CC1. The number of ether oxygens (including phenoxy) is 1. The number of benzene rings is 2. The zero-order valence-corrected chi connectivity index (χ0v) is 23.2. The number of methoxy groups -OCH3 is 1. The molecule has 0 bridgehead atoms. The Morgan fingerprint density at radius 2 is 1.64 bits per heavy atom. The fourth-order valence-corrected chi connectivity index (χ4v) is 4.46. The summed E-state index contributed by atoms with van der Waals surface area (Å²) < 4.78 is 4.82. The summed E-state index contributed by atoms with van der Waals surface area (Å²) in [6, 6.07) is 11.7. The van der Waals surface area contributed by atoms with Crippen LogP contribution in [0.25, 0.3) is 0 Å². The van der Waals surface area contributed by atoms with Gasteiger partial charge < -0.3 is 30.3 Å². The van der Waals surface area contributed by atoms with Crippen molar-refractivity contribution in [2.24, 2.45) is 5.41 Å². The standard InChI is InChI=1S/C29H38N4O6/c1-19-6-8-20(9-7-19)22(17-26(35)36)31-27(37)21-10-11-24(23(16-21)30-25(34)18-29(2,3)4)32-12-14-33(15-13-32)28(38)39-5/h6-11,16,22H,12-15,17-18H2,1-5H3,(H,30,34)(H,31,37)(H,35,36). The van der Waals surface area contributed by atoms with Gasteiger partial charge in [0.05, 0.1) is 30.9 Å². The van der Waals surface area contributed by atoms with Gasteiger partial charge in [-0.25, -0.2) is 4.79 Å². The fourth-order valence-electron chi connectivity index (χ4n) is 4.46. The van der Waals surface area contributed by atoms with Crippen molar-refractivity contribution in [1.29, 1.82) is 0 Å². The second-order valence-electron chi connectivity index (χ2n) is 11.0. The number of amides is 3. The number of aliphatic carboxylic acids is 1. The maximum absolute atomic E-state index is 13.3. The predicted molar refractivity (Wildman–Crippen MR) is 149 cm³/mol. The number of rotatable bonds is 8. The van der Waals surface area contributed by atoms with Crippen molar-refractivity contribution >= 4 is 35.3 Å². The van der Waals surface area contributed by atoms with Crippen molar-refractivity contribution in [3.8, 4) is 0 Å². The van der Waals surface area contributed by atoms with E-state index in [1.54, 1.807) is 35.2 Å². The number of carbonyl (C=O) groups is 4. The van der Waals surface area contributed by atoms with Crippen LogP contribution in [0.1, 0.15) is 61.1 Å². The molecule has 0 radical (unpaired) electrons. The number of aryl methyl sites for hydroxylation is 1. The number of carboxylic acid groups (broad SMARTS) is 1. The van der Waals surface area contributed by atoms with Crippen LogP contribution in [0.4, 0.5) is 16.2 Å². The lowest BCUT2D eigenvalue weighted by atomic mass is 9.92. The molecule has 39 heavy (non-hydrogen) atoms. The Morgan fingerprint density at radius 1 is 1.00 bits per heavy atom. The van der Waals surface area contributed by atoms with Gasteiger partial charge in [0, 0.05) is 38.2 Å². The molecule has 1 heterocycles. The first kappa shape index (κ1) is 29.5. The molecule has 10 nitrogen and oxygen atoms in total. The smallest absolute Gasteiger partial charge is 0.409 e. The number of anilines is 2. The average Bonchev–Trinajstić information content (AvgIpc) is 2.87. The summed E-state index contributed by atoms with van der Waals surface area (Å²) in [6.07, 6.45) is -0.371. The predicted octanol–water partition coefficient (Wildman–Crippen LogP) is 4.20. The van der Waals surface area contributed by atoms with Crippen LogP contribution < -0.4 is 15.5 Å². The Kier molecular flexibility index (Phi) is 9.56. The summed E-state index contributed by atoms with van der Waals surface area (Å²) in [5.74, 6) is -1.66. The van der Waals surface area contributed by atoms with E-state index < -0.39 is 17.9 Å². The Morgan fingerprint density at radius 3 is 2.21 bits per heavy atom. The number of hydrogen-bond acceptors (Lipinski definition) is 6. The molecule has 0 saturated carbocycles. The van der Waals surface area contributed by atoms with Gasteiger partial charge >= 0.3 is 12.1 Å². The Balaban J connectivity index is 1.87. The van der Waals surface area contributed by atoms with Crippen molar-refractivity contribution in [2.45, 2.75) is 46.6 Å². The molecule has 1 aliphatic heterocycles. The minimum Gasteiger partial charge on any atom is -0.481 e. The molecule has 1 unspecified atom stereocenters. The molecule has 0 spiro atoms. The minimum absolute atomic E-state index is 0.182. The van der Waals surface area contributed by atoms with E-state index in [2.05, 4.69) is 10.6 Å². The summed E-state index contributed by atoms with van der Waals surface area (Å²) >= 11 is 0. The van der Waals surface area contributed by atoms with Crippen molar-refractivity contribution < 1.29 is 29.0 Å². The van der Waals surface area contributed by atoms with Crippen LogP contribution in [0.15, 0.2) is 42.5 Å². The van der Waals surface area contributed by atoms with Gasteiger partial charge in [-0.3, -0.25) is 14.4 Å². The van der Waals surface area contributed by atoms with Gasteiger partial charge in [-0.05, 0) is 36.1 Å². The molecule has 10 heteroatoms. The average molecular weight is 539 g/mol. The first-order valence-corrected chi connectivity index (χ1v) is 13.0. The van der Waals surface area contributed by atoms with Gasteiger partial charge in [-0.1, -0.05) is 50.6 Å². The zero-order valence-electron chi connectivity index (χ0n) is 23.2. The summed E-state index contributed by atoms with van der Waals surface area (Å²) in [6.45, 7) is 9.80. The van der Waals surface area contributed by atoms with Crippen molar-refractivity contribution in [3.05, 3.63) is 59.2 Å². The summed E-state index contributed by atoms with van der Waals surface area (Å²) in [5, 5.41) is 15.2.